The van der Waals surface area contributed by atoms with Gasteiger partial charge in [-0.15, -0.1) is 0 Å². The Morgan fingerprint density at radius 3 is 2.24 bits per heavy atom. The SMILES string of the molecule is CC(C)=CCc1c(F)cc(OCc2ccccc2)cc1F. The zero-order valence-corrected chi connectivity index (χ0v) is 12.2. The molecule has 0 radical (unpaired) electrons. The second kappa shape index (κ2) is 7.02. The van der Waals surface area contributed by atoms with E-state index >= 15 is 0 Å². The third kappa shape index (κ3) is 4.42. The Hall–Kier alpha value is -2.16. The number of allylic oxidation sites excluding steroid dienone is 2. The predicted octanol–water partition coefficient (Wildman–Crippen LogP) is 5.05. The van der Waals surface area contributed by atoms with Crippen molar-refractivity contribution in [2.75, 3.05) is 0 Å². The zero-order valence-electron chi connectivity index (χ0n) is 12.2. The molecular formula is C18H18F2O. The maximum atomic E-state index is 13.9. The number of ether oxygens (including phenoxy) is 1. The molecule has 0 aliphatic heterocycles. The van der Waals surface area contributed by atoms with Gasteiger partial charge in [-0.25, -0.2) is 8.78 Å². The summed E-state index contributed by atoms with van der Waals surface area (Å²) in [6, 6.07) is 12.0. The summed E-state index contributed by atoms with van der Waals surface area (Å²) >= 11 is 0. The van der Waals surface area contributed by atoms with Gasteiger partial charge in [0.15, 0.2) is 0 Å². The molecule has 0 heterocycles. The molecule has 21 heavy (non-hydrogen) atoms. The molecular weight excluding hydrogens is 270 g/mol. The van der Waals surface area contributed by atoms with Crippen molar-refractivity contribution in [3.8, 4) is 5.75 Å². The smallest absolute Gasteiger partial charge is 0.133 e. The molecule has 0 unspecified atom stereocenters. The largest absolute Gasteiger partial charge is 0.489 e. The molecule has 0 spiro atoms. The average molecular weight is 288 g/mol. The molecule has 3 heteroatoms. The molecule has 2 rings (SSSR count). The van der Waals surface area contributed by atoms with Crippen LogP contribution in [0.25, 0.3) is 0 Å². The molecule has 0 amide bonds. The van der Waals surface area contributed by atoms with Crippen molar-refractivity contribution in [1.82, 2.24) is 0 Å². The highest BCUT2D eigenvalue weighted by Gasteiger charge is 2.11. The van der Waals surface area contributed by atoms with Crippen molar-refractivity contribution in [2.45, 2.75) is 26.9 Å². The van der Waals surface area contributed by atoms with Crippen molar-refractivity contribution in [3.05, 3.63) is 76.9 Å². The quantitative estimate of drug-likeness (QED) is 0.699. The first-order valence-corrected chi connectivity index (χ1v) is 6.84. The molecule has 0 saturated heterocycles. The Morgan fingerprint density at radius 1 is 1.05 bits per heavy atom. The van der Waals surface area contributed by atoms with E-state index in [1.807, 2.05) is 44.2 Å². The second-order valence-electron chi connectivity index (χ2n) is 5.13. The van der Waals surface area contributed by atoms with Gasteiger partial charge < -0.3 is 4.74 Å². The number of hydrogen-bond donors (Lipinski definition) is 0. The second-order valence-corrected chi connectivity index (χ2v) is 5.13. The van der Waals surface area contributed by atoms with Crippen molar-refractivity contribution in [3.63, 3.8) is 0 Å². The maximum absolute atomic E-state index is 13.9. The minimum absolute atomic E-state index is 0.0725. The fourth-order valence-corrected chi connectivity index (χ4v) is 1.91. The van der Waals surface area contributed by atoms with Crippen LogP contribution in [-0.4, -0.2) is 0 Å². The van der Waals surface area contributed by atoms with E-state index in [1.54, 1.807) is 6.08 Å². The van der Waals surface area contributed by atoms with Crippen LogP contribution in [0.1, 0.15) is 25.0 Å². The van der Waals surface area contributed by atoms with E-state index in [9.17, 15) is 8.78 Å². The van der Waals surface area contributed by atoms with Crippen molar-refractivity contribution < 1.29 is 13.5 Å². The van der Waals surface area contributed by atoms with Gasteiger partial charge in [-0.2, -0.15) is 0 Å². The third-order valence-corrected chi connectivity index (χ3v) is 3.08. The molecule has 0 saturated carbocycles. The lowest BCUT2D eigenvalue weighted by Crippen LogP contribution is -2.00. The van der Waals surface area contributed by atoms with Crippen LogP contribution in [-0.2, 0) is 13.0 Å². The monoisotopic (exact) mass is 288 g/mol. The highest BCUT2D eigenvalue weighted by atomic mass is 19.1. The van der Waals surface area contributed by atoms with E-state index in [4.69, 9.17) is 4.74 Å². The van der Waals surface area contributed by atoms with E-state index in [0.29, 0.717) is 0 Å². The molecule has 110 valence electrons. The fraction of sp³-hybridized carbons (Fsp3) is 0.222. The molecule has 0 aliphatic carbocycles. The van der Waals surface area contributed by atoms with E-state index in [0.717, 1.165) is 11.1 Å². The van der Waals surface area contributed by atoms with Crippen molar-refractivity contribution in [1.29, 1.82) is 0 Å². The van der Waals surface area contributed by atoms with Crippen LogP contribution in [0, 0.1) is 11.6 Å². The summed E-state index contributed by atoms with van der Waals surface area (Å²) in [6.07, 6.45) is 2.05. The van der Waals surface area contributed by atoms with Gasteiger partial charge in [0.05, 0.1) is 0 Å². The van der Waals surface area contributed by atoms with Crippen LogP contribution in [0.4, 0.5) is 8.78 Å². The molecule has 0 N–H and O–H groups in total. The third-order valence-electron chi connectivity index (χ3n) is 3.08. The van der Waals surface area contributed by atoms with Crippen molar-refractivity contribution in [2.24, 2.45) is 0 Å². The topological polar surface area (TPSA) is 9.23 Å². The minimum Gasteiger partial charge on any atom is -0.489 e. The van der Waals surface area contributed by atoms with Gasteiger partial charge in [0.25, 0.3) is 0 Å². The Morgan fingerprint density at radius 2 is 1.67 bits per heavy atom. The van der Waals surface area contributed by atoms with Crippen LogP contribution in [0.3, 0.4) is 0 Å². The number of rotatable bonds is 5. The Kier molecular flexibility index (Phi) is 5.09. The van der Waals surface area contributed by atoms with Crippen LogP contribution in [0.5, 0.6) is 5.75 Å². The first kappa shape index (κ1) is 15.2. The van der Waals surface area contributed by atoms with Gasteiger partial charge in [-0.1, -0.05) is 42.0 Å². The number of hydrogen-bond acceptors (Lipinski definition) is 1. The molecule has 0 atom stereocenters. The normalized spacial score (nSPS) is 10.3. The first-order chi connectivity index (χ1) is 10.1. The van der Waals surface area contributed by atoms with Gasteiger partial charge in [-0.05, 0) is 25.8 Å². The van der Waals surface area contributed by atoms with Gasteiger partial charge in [0, 0.05) is 17.7 Å². The summed E-state index contributed by atoms with van der Waals surface area (Å²) < 4.78 is 33.3. The lowest BCUT2D eigenvalue weighted by atomic mass is 10.1. The predicted molar refractivity (Wildman–Crippen MR) is 80.3 cm³/mol. The highest BCUT2D eigenvalue weighted by Crippen LogP contribution is 2.22. The van der Waals surface area contributed by atoms with Gasteiger partial charge in [0.2, 0.25) is 0 Å². The summed E-state index contributed by atoms with van der Waals surface area (Å²) in [7, 11) is 0. The van der Waals surface area contributed by atoms with Crippen LogP contribution in [0.15, 0.2) is 54.1 Å². The van der Waals surface area contributed by atoms with Crippen LogP contribution in [0.2, 0.25) is 0 Å². The molecule has 1 nitrogen and oxygen atoms in total. The van der Waals surface area contributed by atoms with Gasteiger partial charge >= 0.3 is 0 Å². The van der Waals surface area contributed by atoms with Crippen LogP contribution < -0.4 is 4.74 Å². The van der Waals surface area contributed by atoms with E-state index in [1.165, 1.54) is 12.1 Å². The molecule has 0 bridgehead atoms. The van der Waals surface area contributed by atoms with E-state index < -0.39 is 11.6 Å². The summed E-state index contributed by atoms with van der Waals surface area (Å²) in [5.41, 5.74) is 2.05. The number of benzene rings is 2. The number of halogens is 2. The Labute approximate surface area is 123 Å². The average Bonchev–Trinajstić information content (AvgIpc) is 2.45. The molecule has 0 aromatic heterocycles. The standard InChI is InChI=1S/C18H18F2O/c1-13(2)8-9-16-17(19)10-15(11-18(16)20)21-12-14-6-4-3-5-7-14/h3-8,10-11H,9,12H2,1-2H3. The minimum atomic E-state index is -0.574. The van der Waals surface area contributed by atoms with E-state index in [2.05, 4.69) is 0 Å². The van der Waals surface area contributed by atoms with Crippen molar-refractivity contribution >= 4 is 0 Å². The molecule has 0 aliphatic rings. The lowest BCUT2D eigenvalue weighted by molar-refractivity contribution is 0.302. The highest BCUT2D eigenvalue weighted by molar-refractivity contribution is 5.32. The van der Waals surface area contributed by atoms with E-state index in [-0.39, 0.29) is 24.3 Å². The molecule has 2 aromatic carbocycles. The Balaban J connectivity index is 2.10. The maximum Gasteiger partial charge on any atom is 0.133 e. The Bertz CT molecular complexity index is 606. The summed E-state index contributed by atoms with van der Waals surface area (Å²) in [5, 5.41) is 0. The summed E-state index contributed by atoms with van der Waals surface area (Å²) in [4.78, 5) is 0. The van der Waals surface area contributed by atoms with Gasteiger partial charge in [0.1, 0.15) is 24.0 Å². The van der Waals surface area contributed by atoms with Gasteiger partial charge in [-0.3, -0.25) is 0 Å². The summed E-state index contributed by atoms with van der Waals surface area (Å²) in [5.74, 6) is -0.944. The van der Waals surface area contributed by atoms with Crippen LogP contribution >= 0.6 is 0 Å². The zero-order chi connectivity index (χ0) is 15.2. The summed E-state index contributed by atoms with van der Waals surface area (Å²) in [6.45, 7) is 4.08. The molecule has 0 fully saturated rings. The lowest BCUT2D eigenvalue weighted by Gasteiger charge is -2.09. The first-order valence-electron chi connectivity index (χ1n) is 6.84. The molecule has 2 aromatic rings. The fourth-order valence-electron chi connectivity index (χ4n) is 1.91.